The van der Waals surface area contributed by atoms with Crippen molar-refractivity contribution < 1.29 is 0 Å². The minimum Gasteiger partial charge on any atom is -0.384 e. The summed E-state index contributed by atoms with van der Waals surface area (Å²) >= 11 is 0. The van der Waals surface area contributed by atoms with E-state index in [1.165, 1.54) is 0 Å². The standard InChI is InChI=1S/C23H32N6/c1-19(9-8-15-26-18-25-2)23(24)29(3)28-16-14-20-10-7-13-22(27-17-20)21-11-5-4-6-12-21/h4-7,10-13,16-18,20H,8-9,14-15,24H2,1-3H3,(H,25,26)/b23-19+,28-16-. The predicted octanol–water partition coefficient (Wildman–Crippen LogP) is 3.81. The van der Waals surface area contributed by atoms with Gasteiger partial charge in [-0.2, -0.15) is 5.10 Å². The van der Waals surface area contributed by atoms with Gasteiger partial charge < -0.3 is 11.1 Å². The molecular weight excluding hydrogens is 360 g/mol. The Balaban J connectivity index is 1.83. The lowest BCUT2D eigenvalue weighted by atomic mass is 10.1. The number of rotatable bonds is 10. The molecule has 154 valence electrons. The monoisotopic (exact) mass is 392 g/mol. The van der Waals surface area contributed by atoms with Gasteiger partial charge >= 0.3 is 0 Å². The van der Waals surface area contributed by atoms with Crippen LogP contribution in [0.25, 0.3) is 5.70 Å². The fourth-order valence-corrected chi connectivity index (χ4v) is 2.85. The van der Waals surface area contributed by atoms with E-state index in [4.69, 9.17) is 5.73 Å². The molecule has 6 nitrogen and oxygen atoms in total. The molecule has 3 N–H and O–H groups in total. The first kappa shape index (κ1) is 22.1. The highest BCUT2D eigenvalue weighted by molar-refractivity contribution is 5.80. The number of hydrazone groups is 1. The lowest BCUT2D eigenvalue weighted by Gasteiger charge is -2.16. The molecule has 1 unspecified atom stereocenters. The maximum atomic E-state index is 6.22. The van der Waals surface area contributed by atoms with Crippen LogP contribution in [0, 0.1) is 5.92 Å². The summed E-state index contributed by atoms with van der Waals surface area (Å²) < 4.78 is 0. The maximum Gasteiger partial charge on any atom is 0.118 e. The van der Waals surface area contributed by atoms with Gasteiger partial charge in [-0.3, -0.25) is 15.0 Å². The molecule has 0 aromatic heterocycles. The van der Waals surface area contributed by atoms with E-state index in [-0.39, 0.29) is 5.92 Å². The second-order valence-corrected chi connectivity index (χ2v) is 6.91. The van der Waals surface area contributed by atoms with E-state index in [0.717, 1.165) is 42.6 Å². The summed E-state index contributed by atoms with van der Waals surface area (Å²) in [6.45, 7) is 2.92. The van der Waals surface area contributed by atoms with Crippen molar-refractivity contribution in [2.45, 2.75) is 26.2 Å². The Morgan fingerprint density at radius 1 is 1.31 bits per heavy atom. The first-order valence-electron chi connectivity index (χ1n) is 9.95. The Labute approximate surface area is 174 Å². The van der Waals surface area contributed by atoms with Crippen LogP contribution in [0.1, 0.15) is 31.7 Å². The quantitative estimate of drug-likeness (QED) is 0.275. The molecule has 1 aromatic rings. The third-order valence-corrected chi connectivity index (χ3v) is 4.60. The average Bonchev–Trinajstić information content (AvgIpc) is 2.99. The third-order valence-electron chi connectivity index (χ3n) is 4.60. The zero-order valence-electron chi connectivity index (χ0n) is 17.6. The van der Waals surface area contributed by atoms with E-state index in [2.05, 4.69) is 44.7 Å². The van der Waals surface area contributed by atoms with Gasteiger partial charge in [0.15, 0.2) is 0 Å². The van der Waals surface area contributed by atoms with Gasteiger partial charge in [-0.1, -0.05) is 42.5 Å². The van der Waals surface area contributed by atoms with Gasteiger partial charge in [0, 0.05) is 44.6 Å². The summed E-state index contributed by atoms with van der Waals surface area (Å²) in [5, 5.41) is 9.34. The molecule has 1 aliphatic heterocycles. The molecule has 1 atom stereocenters. The van der Waals surface area contributed by atoms with Crippen LogP contribution in [-0.4, -0.2) is 44.4 Å². The van der Waals surface area contributed by atoms with Crippen molar-refractivity contribution in [2.75, 3.05) is 20.6 Å². The second kappa shape index (κ2) is 12.3. The highest BCUT2D eigenvalue weighted by Crippen LogP contribution is 2.18. The lowest BCUT2D eigenvalue weighted by molar-refractivity contribution is 0.433. The second-order valence-electron chi connectivity index (χ2n) is 6.91. The van der Waals surface area contributed by atoms with E-state index in [0.29, 0.717) is 5.82 Å². The first-order valence-corrected chi connectivity index (χ1v) is 9.95. The van der Waals surface area contributed by atoms with Crippen LogP contribution >= 0.6 is 0 Å². The third kappa shape index (κ3) is 7.78. The minimum atomic E-state index is 0.210. The Bertz CT molecular complexity index is 802. The number of benzene rings is 1. The molecule has 0 saturated carbocycles. The van der Waals surface area contributed by atoms with Crippen molar-refractivity contribution in [2.24, 2.45) is 26.7 Å². The molecule has 0 aliphatic carbocycles. The van der Waals surface area contributed by atoms with Gasteiger partial charge in [-0.05, 0) is 37.8 Å². The number of allylic oxidation sites excluding steroid dienone is 4. The fourth-order valence-electron chi connectivity index (χ4n) is 2.85. The van der Waals surface area contributed by atoms with E-state index in [9.17, 15) is 0 Å². The normalized spacial score (nSPS) is 17.3. The van der Waals surface area contributed by atoms with Crippen molar-refractivity contribution in [3.8, 4) is 0 Å². The summed E-state index contributed by atoms with van der Waals surface area (Å²) in [6, 6.07) is 10.2. The number of nitrogens with zero attached hydrogens (tertiary/aromatic N) is 4. The molecule has 0 spiro atoms. The van der Waals surface area contributed by atoms with Gasteiger partial charge in [0.2, 0.25) is 0 Å². The molecule has 0 radical (unpaired) electrons. The summed E-state index contributed by atoms with van der Waals surface area (Å²) in [7, 11) is 3.63. The number of nitrogens with one attached hydrogen (secondary N) is 1. The van der Waals surface area contributed by atoms with Crippen LogP contribution < -0.4 is 11.1 Å². The van der Waals surface area contributed by atoms with Crippen LogP contribution in [0.2, 0.25) is 0 Å². The molecular formula is C23H32N6. The smallest absolute Gasteiger partial charge is 0.118 e. The maximum absolute atomic E-state index is 6.22. The molecule has 2 rings (SSSR count). The van der Waals surface area contributed by atoms with E-state index < -0.39 is 0 Å². The summed E-state index contributed by atoms with van der Waals surface area (Å²) in [5.74, 6) is 0.908. The largest absolute Gasteiger partial charge is 0.384 e. The van der Waals surface area contributed by atoms with Crippen molar-refractivity contribution in [1.29, 1.82) is 0 Å². The Kier molecular flexibility index (Phi) is 9.42. The summed E-state index contributed by atoms with van der Waals surface area (Å²) in [5.41, 5.74) is 9.45. The Morgan fingerprint density at radius 2 is 2.10 bits per heavy atom. The minimum absolute atomic E-state index is 0.210. The van der Waals surface area contributed by atoms with Crippen LogP contribution in [0.5, 0.6) is 0 Å². The number of nitrogens with two attached hydrogens (primary N) is 1. The van der Waals surface area contributed by atoms with Crippen LogP contribution in [0.15, 0.2) is 75.0 Å². The van der Waals surface area contributed by atoms with E-state index in [1.807, 2.05) is 50.7 Å². The lowest BCUT2D eigenvalue weighted by Crippen LogP contribution is -2.21. The Hall–Kier alpha value is -3.15. The predicted molar refractivity (Wildman–Crippen MR) is 125 cm³/mol. The van der Waals surface area contributed by atoms with Gasteiger partial charge in [0.05, 0.1) is 12.0 Å². The van der Waals surface area contributed by atoms with E-state index >= 15 is 0 Å². The van der Waals surface area contributed by atoms with Crippen molar-refractivity contribution in [3.63, 3.8) is 0 Å². The van der Waals surface area contributed by atoms with Crippen molar-refractivity contribution >= 4 is 24.5 Å². The molecule has 0 amide bonds. The number of aliphatic imine (C=N–C) groups is 2. The van der Waals surface area contributed by atoms with Gasteiger partial charge in [0.1, 0.15) is 5.82 Å². The topological polar surface area (TPSA) is 78.4 Å². The van der Waals surface area contributed by atoms with Crippen LogP contribution in [-0.2, 0) is 0 Å². The molecule has 1 heterocycles. The average molecular weight is 393 g/mol. The van der Waals surface area contributed by atoms with Crippen LogP contribution in [0.4, 0.5) is 0 Å². The van der Waals surface area contributed by atoms with Gasteiger partial charge in [0.25, 0.3) is 0 Å². The molecule has 6 heteroatoms. The van der Waals surface area contributed by atoms with Crippen molar-refractivity contribution in [1.82, 2.24) is 10.3 Å². The summed E-state index contributed by atoms with van der Waals surface area (Å²) in [6.07, 6.45) is 14.5. The fraction of sp³-hybridized carbons (Fsp3) is 0.348. The SMILES string of the molecule is CN=CNCCC/C(C)=C(\N)N(C)/N=C\CC1C=CC=C(c2ccccc2)N=C1. The van der Waals surface area contributed by atoms with Gasteiger partial charge in [-0.25, -0.2) is 0 Å². The zero-order chi connectivity index (χ0) is 20.9. The molecule has 1 aliphatic rings. The van der Waals surface area contributed by atoms with Crippen LogP contribution in [0.3, 0.4) is 0 Å². The first-order chi connectivity index (χ1) is 14.1. The molecule has 0 fully saturated rings. The summed E-state index contributed by atoms with van der Waals surface area (Å²) in [4.78, 5) is 8.54. The number of hydrogen-bond donors (Lipinski definition) is 2. The molecule has 1 aromatic carbocycles. The number of hydrogen-bond acceptors (Lipinski definition) is 5. The molecule has 29 heavy (non-hydrogen) atoms. The molecule has 0 bridgehead atoms. The highest BCUT2D eigenvalue weighted by atomic mass is 15.5. The zero-order valence-corrected chi connectivity index (χ0v) is 17.6. The van der Waals surface area contributed by atoms with E-state index in [1.54, 1.807) is 18.4 Å². The van der Waals surface area contributed by atoms with Crippen molar-refractivity contribution in [3.05, 3.63) is 65.5 Å². The Morgan fingerprint density at radius 3 is 2.86 bits per heavy atom. The molecule has 0 saturated heterocycles. The van der Waals surface area contributed by atoms with Gasteiger partial charge in [-0.15, -0.1) is 0 Å². The highest BCUT2D eigenvalue weighted by Gasteiger charge is 2.06.